The normalized spacial score (nSPS) is 14.0. The molecule has 0 radical (unpaired) electrons. The molecule has 0 amide bonds. The van der Waals surface area contributed by atoms with Crippen molar-refractivity contribution in [3.8, 4) is 0 Å². The summed E-state index contributed by atoms with van der Waals surface area (Å²) in [7, 11) is -9.91. The molecule has 0 bridgehead atoms. The zero-order valence-electron chi connectivity index (χ0n) is 61.3. The summed E-state index contributed by atoms with van der Waals surface area (Å²) in [5.41, 5.74) is 0. The molecule has 5 atom stereocenters. The van der Waals surface area contributed by atoms with Gasteiger partial charge in [-0.05, 0) is 37.5 Å². The summed E-state index contributed by atoms with van der Waals surface area (Å²) in [5, 5.41) is 10.6. The number of rotatable bonds is 74. The molecular formula is C75H146O17P2. The van der Waals surface area contributed by atoms with E-state index in [1.54, 1.807) is 0 Å². The Labute approximate surface area is 575 Å². The van der Waals surface area contributed by atoms with Crippen molar-refractivity contribution >= 4 is 39.5 Å². The minimum Gasteiger partial charge on any atom is -0.462 e. The van der Waals surface area contributed by atoms with E-state index in [2.05, 4.69) is 41.5 Å². The lowest BCUT2D eigenvalue weighted by Crippen LogP contribution is -2.30. The number of carbonyl (C=O) groups excluding carboxylic acids is 4. The number of phosphoric acid groups is 2. The number of unbranched alkanes of at least 4 members (excludes halogenated alkanes) is 44. The Hall–Kier alpha value is -1.94. The van der Waals surface area contributed by atoms with Gasteiger partial charge in [0.1, 0.15) is 19.3 Å². The molecule has 0 aliphatic heterocycles. The van der Waals surface area contributed by atoms with E-state index in [0.717, 1.165) is 102 Å². The van der Waals surface area contributed by atoms with Crippen molar-refractivity contribution in [2.45, 2.75) is 407 Å². The zero-order chi connectivity index (χ0) is 69.3. The van der Waals surface area contributed by atoms with Crippen LogP contribution in [0.25, 0.3) is 0 Å². The van der Waals surface area contributed by atoms with E-state index >= 15 is 0 Å². The first-order valence-electron chi connectivity index (χ1n) is 39.0. The molecule has 558 valence electrons. The monoisotopic (exact) mass is 1380 g/mol. The second kappa shape index (κ2) is 66.9. The van der Waals surface area contributed by atoms with E-state index in [4.69, 9.17) is 37.0 Å². The van der Waals surface area contributed by atoms with Crippen molar-refractivity contribution in [1.82, 2.24) is 0 Å². The Morgan fingerprint density at radius 3 is 0.723 bits per heavy atom. The lowest BCUT2D eigenvalue weighted by atomic mass is 10.0. The summed E-state index contributed by atoms with van der Waals surface area (Å²) in [5.74, 6) is -0.596. The summed E-state index contributed by atoms with van der Waals surface area (Å²) in [6, 6.07) is 0. The van der Waals surface area contributed by atoms with Gasteiger partial charge < -0.3 is 33.8 Å². The largest absolute Gasteiger partial charge is 0.472 e. The van der Waals surface area contributed by atoms with E-state index in [-0.39, 0.29) is 25.7 Å². The van der Waals surface area contributed by atoms with Gasteiger partial charge in [-0.2, -0.15) is 0 Å². The van der Waals surface area contributed by atoms with Gasteiger partial charge in [0.15, 0.2) is 12.2 Å². The fraction of sp³-hybridized carbons (Fsp3) is 0.947. The predicted molar refractivity (Wildman–Crippen MR) is 381 cm³/mol. The highest BCUT2D eigenvalue weighted by atomic mass is 31.2. The maximum atomic E-state index is 13.1. The molecule has 0 aliphatic rings. The number of esters is 4. The summed E-state index contributed by atoms with van der Waals surface area (Å²) < 4.78 is 68.5. The van der Waals surface area contributed by atoms with Crippen LogP contribution in [0.4, 0.5) is 0 Å². The standard InChI is InChI=1S/C75H146O17P2/c1-7-9-11-13-15-17-19-20-25-29-33-40-46-52-58-73(78)86-63-70(91-74(79)59-53-47-41-34-30-26-23-21-22-24-28-31-37-43-49-55-67(3)4)65-89-93(81,82)87-61-69(76)62-88-94(83,84)90-66-71(92-75(80)60-54-48-42-36-35-38-44-50-56-68(5)6)64-85-72(77)57-51-45-39-32-27-18-16-14-12-10-8-2/h67-71,76H,7-66H2,1-6H3,(H,81,82)(H,83,84)/t69-,70-,71-/m1/s1. The quantitative estimate of drug-likeness (QED) is 0.0222. The number of ether oxygens (including phenoxy) is 4. The summed E-state index contributed by atoms with van der Waals surface area (Å²) in [6.45, 7) is 9.58. The van der Waals surface area contributed by atoms with Gasteiger partial charge in [-0.3, -0.25) is 37.3 Å². The van der Waals surface area contributed by atoms with Crippen LogP contribution in [-0.2, 0) is 65.4 Å². The molecule has 3 N–H and O–H groups in total. The Balaban J connectivity index is 5.24. The minimum atomic E-state index is -4.96. The number of hydrogen-bond donors (Lipinski definition) is 3. The van der Waals surface area contributed by atoms with Crippen LogP contribution in [0.15, 0.2) is 0 Å². The van der Waals surface area contributed by atoms with Gasteiger partial charge in [-0.1, -0.05) is 337 Å². The molecule has 0 aromatic rings. The fourth-order valence-corrected chi connectivity index (χ4v) is 13.1. The summed E-state index contributed by atoms with van der Waals surface area (Å²) in [6.07, 6.45) is 54.0. The highest BCUT2D eigenvalue weighted by Gasteiger charge is 2.30. The molecule has 0 saturated carbocycles. The Kier molecular flexibility index (Phi) is 65.5. The summed E-state index contributed by atoms with van der Waals surface area (Å²) >= 11 is 0. The molecule has 17 nitrogen and oxygen atoms in total. The maximum absolute atomic E-state index is 13.1. The highest BCUT2D eigenvalue weighted by Crippen LogP contribution is 2.45. The third-order valence-corrected chi connectivity index (χ3v) is 19.4. The average Bonchev–Trinajstić information content (AvgIpc) is 1.70. The van der Waals surface area contributed by atoms with Crippen LogP contribution >= 0.6 is 15.6 Å². The van der Waals surface area contributed by atoms with Crippen molar-refractivity contribution in [3.05, 3.63) is 0 Å². The maximum Gasteiger partial charge on any atom is 0.472 e. The zero-order valence-corrected chi connectivity index (χ0v) is 63.1. The van der Waals surface area contributed by atoms with Crippen LogP contribution in [0.3, 0.4) is 0 Å². The molecule has 0 aliphatic carbocycles. The van der Waals surface area contributed by atoms with Gasteiger partial charge in [0, 0.05) is 25.7 Å². The molecule has 0 spiro atoms. The Morgan fingerprint density at radius 2 is 0.489 bits per heavy atom. The van der Waals surface area contributed by atoms with Crippen molar-refractivity contribution in [1.29, 1.82) is 0 Å². The lowest BCUT2D eigenvalue weighted by molar-refractivity contribution is -0.161. The van der Waals surface area contributed by atoms with Crippen LogP contribution in [0.2, 0.25) is 0 Å². The SMILES string of the molecule is CCCCCCCCCCCCCCCCC(=O)OC[C@H](COP(=O)(O)OC[C@@H](O)COP(=O)(O)OC[C@@H](COC(=O)CCCCCCCCCCCCC)OC(=O)CCCCCCCCCCC(C)C)OC(=O)CCCCCCCCCCCCCCCCCC(C)C. The van der Waals surface area contributed by atoms with Crippen molar-refractivity contribution in [2.24, 2.45) is 11.8 Å². The molecule has 0 aromatic carbocycles. The first-order chi connectivity index (χ1) is 45.4. The highest BCUT2D eigenvalue weighted by molar-refractivity contribution is 7.47. The Morgan fingerprint density at radius 1 is 0.287 bits per heavy atom. The van der Waals surface area contributed by atoms with Crippen molar-refractivity contribution in [2.75, 3.05) is 39.6 Å². The topological polar surface area (TPSA) is 237 Å². The van der Waals surface area contributed by atoms with Crippen LogP contribution in [0, 0.1) is 11.8 Å². The van der Waals surface area contributed by atoms with Crippen LogP contribution in [0.5, 0.6) is 0 Å². The average molecular weight is 1380 g/mol. The Bertz CT molecular complexity index is 1820. The van der Waals surface area contributed by atoms with Crippen LogP contribution < -0.4 is 0 Å². The summed E-state index contributed by atoms with van der Waals surface area (Å²) in [4.78, 5) is 72.7. The number of aliphatic hydroxyl groups is 1. The molecule has 0 rings (SSSR count). The second-order valence-corrected chi connectivity index (χ2v) is 30.9. The third kappa shape index (κ3) is 68.6. The van der Waals surface area contributed by atoms with E-state index in [1.165, 1.54) is 205 Å². The van der Waals surface area contributed by atoms with Crippen LogP contribution in [-0.4, -0.2) is 96.7 Å². The third-order valence-electron chi connectivity index (χ3n) is 17.5. The van der Waals surface area contributed by atoms with Gasteiger partial charge in [0.2, 0.25) is 0 Å². The van der Waals surface area contributed by atoms with Crippen LogP contribution in [0.1, 0.15) is 388 Å². The van der Waals surface area contributed by atoms with Gasteiger partial charge in [-0.15, -0.1) is 0 Å². The van der Waals surface area contributed by atoms with Crippen molar-refractivity contribution in [3.63, 3.8) is 0 Å². The van der Waals surface area contributed by atoms with E-state index in [9.17, 15) is 43.2 Å². The number of carbonyl (C=O) groups is 4. The first kappa shape index (κ1) is 92.1. The fourth-order valence-electron chi connectivity index (χ4n) is 11.5. The number of hydrogen-bond acceptors (Lipinski definition) is 15. The molecule has 2 unspecified atom stereocenters. The van der Waals surface area contributed by atoms with E-state index in [0.29, 0.717) is 25.7 Å². The van der Waals surface area contributed by atoms with Gasteiger partial charge in [-0.25, -0.2) is 9.13 Å². The molecule has 19 heteroatoms. The number of phosphoric ester groups is 2. The number of aliphatic hydroxyl groups excluding tert-OH is 1. The molecule has 0 fully saturated rings. The van der Waals surface area contributed by atoms with Crippen molar-refractivity contribution < 1.29 is 80.2 Å². The molecule has 0 saturated heterocycles. The minimum absolute atomic E-state index is 0.105. The first-order valence-corrected chi connectivity index (χ1v) is 42.0. The molecular weight excluding hydrogens is 1230 g/mol. The second-order valence-electron chi connectivity index (χ2n) is 28.0. The predicted octanol–water partition coefficient (Wildman–Crippen LogP) is 21.9. The van der Waals surface area contributed by atoms with Gasteiger partial charge in [0.05, 0.1) is 26.4 Å². The van der Waals surface area contributed by atoms with Gasteiger partial charge >= 0.3 is 39.5 Å². The van der Waals surface area contributed by atoms with Gasteiger partial charge in [0.25, 0.3) is 0 Å². The smallest absolute Gasteiger partial charge is 0.462 e. The molecule has 0 aromatic heterocycles. The molecule has 94 heavy (non-hydrogen) atoms. The lowest BCUT2D eigenvalue weighted by Gasteiger charge is -2.21. The van der Waals surface area contributed by atoms with E-state index in [1.807, 2.05) is 0 Å². The molecule has 0 heterocycles. The van der Waals surface area contributed by atoms with E-state index < -0.39 is 97.5 Å².